The summed E-state index contributed by atoms with van der Waals surface area (Å²) in [5.41, 5.74) is 0. The molecule has 0 aromatic heterocycles. The Balaban J connectivity index is 2.29. The molecule has 59 heavy (non-hydrogen) atoms. The number of carbonyl (C=O) groups is 2. The Bertz CT molecular complexity index is 1170. The van der Waals surface area contributed by atoms with Gasteiger partial charge >= 0.3 is 19.8 Å². The second-order valence-corrected chi connectivity index (χ2v) is 19.0. The largest absolute Gasteiger partial charge is 0.472 e. The Morgan fingerprint density at radius 1 is 0.610 bits per heavy atom. The van der Waals surface area contributed by atoms with Gasteiger partial charge < -0.3 is 23.6 Å². The number of epoxide rings is 1. The van der Waals surface area contributed by atoms with Crippen molar-refractivity contribution in [2.24, 2.45) is 0 Å². The average Bonchev–Trinajstić information content (AvgIpc) is 3.94. The van der Waals surface area contributed by atoms with Crippen LogP contribution in [0, 0.1) is 0 Å². The minimum absolute atomic E-state index is 0.0213. The Labute approximate surface area is 361 Å². The number of hydrogen-bond acceptors (Lipinski definition) is 8. The van der Waals surface area contributed by atoms with Crippen molar-refractivity contribution in [1.82, 2.24) is 0 Å². The Morgan fingerprint density at radius 2 is 1.08 bits per heavy atom. The molecule has 4 atom stereocenters. The third kappa shape index (κ3) is 37.7. The zero-order valence-corrected chi connectivity index (χ0v) is 39.3. The molecule has 11 heteroatoms. The number of ether oxygens (including phenoxy) is 3. The van der Waals surface area contributed by atoms with Gasteiger partial charge in [-0.3, -0.25) is 18.6 Å². The molecule has 1 heterocycles. The molecule has 0 saturated carbocycles. The molecule has 0 spiro atoms. The fourth-order valence-corrected chi connectivity index (χ4v) is 7.44. The number of phosphoric acid groups is 1. The second kappa shape index (κ2) is 36.8. The normalized spacial score (nSPS) is 17.3. The van der Waals surface area contributed by atoms with Crippen molar-refractivity contribution in [3.05, 3.63) is 36.5 Å². The van der Waals surface area contributed by atoms with E-state index in [0.29, 0.717) is 30.0 Å². The zero-order chi connectivity index (χ0) is 43.3. The standard InChI is InChI=1S/C48H88NO9P/c1-6-8-10-12-14-16-17-18-19-20-21-22-23-25-27-29-35-39-48(51)57-44(43-56-59(52,53)55-41-40-49(3,4)5)42-54-47(50)38-34-31-30-33-37-46-45(58-46)36-32-28-26-24-15-13-11-9-7-2/h15,24,28,30,32-33,44-46H,6-14,16-23,25-27,29,31,34-43H2,1-5H3/p+1/b24-15-,32-28-,33-30-/t44-,45?,46?/m1/s1. The number of phosphoric ester groups is 1. The number of quaternary nitrogens is 1. The van der Waals surface area contributed by atoms with Crippen molar-refractivity contribution < 1.29 is 46.8 Å². The van der Waals surface area contributed by atoms with Crippen LogP contribution in [0.25, 0.3) is 0 Å². The first-order valence-corrected chi connectivity index (χ1v) is 25.3. The highest BCUT2D eigenvalue weighted by atomic mass is 31.2. The Kier molecular flexibility index (Phi) is 34.4. The van der Waals surface area contributed by atoms with E-state index in [1.54, 1.807) is 0 Å². The number of nitrogens with zero attached hydrogens (tertiary/aromatic N) is 1. The molecule has 1 rings (SSSR count). The highest BCUT2D eigenvalue weighted by Gasteiger charge is 2.36. The molecule has 0 aromatic rings. The summed E-state index contributed by atoms with van der Waals surface area (Å²) in [7, 11) is 1.44. The maximum Gasteiger partial charge on any atom is 0.472 e. The summed E-state index contributed by atoms with van der Waals surface area (Å²) in [6.45, 7) is 4.33. The van der Waals surface area contributed by atoms with Crippen LogP contribution in [0.5, 0.6) is 0 Å². The van der Waals surface area contributed by atoms with Crippen LogP contribution in [0.3, 0.4) is 0 Å². The SMILES string of the molecule is CCCCC/C=C\C/C=C\CC1OC1C/C=C\CCCC(=O)OC[C@H](COP(=O)(O)OCC[N+](C)(C)C)OC(=O)CCCCCCCCCCCCCCCCCCC. The molecule has 1 aliphatic heterocycles. The summed E-state index contributed by atoms with van der Waals surface area (Å²) in [5.74, 6) is -0.866. The van der Waals surface area contributed by atoms with E-state index in [9.17, 15) is 19.0 Å². The van der Waals surface area contributed by atoms with Crippen molar-refractivity contribution in [3.8, 4) is 0 Å². The summed E-state index contributed by atoms with van der Waals surface area (Å²) < 4.78 is 40.1. The van der Waals surface area contributed by atoms with Crippen LogP contribution in [0.1, 0.15) is 194 Å². The van der Waals surface area contributed by atoms with E-state index in [2.05, 4.69) is 50.3 Å². The van der Waals surface area contributed by atoms with Crippen LogP contribution in [0.15, 0.2) is 36.5 Å². The molecule has 0 radical (unpaired) electrons. The number of esters is 2. The van der Waals surface area contributed by atoms with Crippen LogP contribution in [-0.2, 0) is 37.4 Å². The zero-order valence-electron chi connectivity index (χ0n) is 38.4. The maximum atomic E-state index is 12.7. The lowest BCUT2D eigenvalue weighted by Gasteiger charge is -2.24. The molecule has 3 unspecified atom stereocenters. The number of rotatable bonds is 42. The molecule has 0 aromatic carbocycles. The average molecular weight is 855 g/mol. The first-order valence-electron chi connectivity index (χ1n) is 23.8. The lowest BCUT2D eigenvalue weighted by Crippen LogP contribution is -2.37. The third-order valence-corrected chi connectivity index (χ3v) is 11.6. The van der Waals surface area contributed by atoms with Gasteiger partial charge in [-0.2, -0.15) is 0 Å². The number of allylic oxidation sites excluding steroid dienone is 4. The molecule has 344 valence electrons. The molecule has 0 amide bonds. The molecule has 1 N–H and O–H groups in total. The smallest absolute Gasteiger partial charge is 0.462 e. The van der Waals surface area contributed by atoms with Gasteiger partial charge in [0.1, 0.15) is 19.8 Å². The molecular weight excluding hydrogens is 765 g/mol. The predicted molar refractivity (Wildman–Crippen MR) is 242 cm³/mol. The molecule has 1 fully saturated rings. The lowest BCUT2D eigenvalue weighted by molar-refractivity contribution is -0.870. The number of unbranched alkanes of at least 4 members (excludes halogenated alkanes) is 20. The van der Waals surface area contributed by atoms with Crippen LogP contribution in [0.2, 0.25) is 0 Å². The topological polar surface area (TPSA) is 121 Å². The van der Waals surface area contributed by atoms with Gasteiger partial charge in [0.15, 0.2) is 6.10 Å². The van der Waals surface area contributed by atoms with E-state index in [1.165, 1.54) is 116 Å². The van der Waals surface area contributed by atoms with E-state index in [4.69, 9.17) is 23.3 Å². The van der Waals surface area contributed by atoms with Crippen molar-refractivity contribution in [2.75, 3.05) is 47.5 Å². The van der Waals surface area contributed by atoms with Crippen LogP contribution in [0.4, 0.5) is 0 Å². The van der Waals surface area contributed by atoms with Gasteiger partial charge in [-0.1, -0.05) is 166 Å². The summed E-state index contributed by atoms with van der Waals surface area (Å²) in [5, 5.41) is 0. The van der Waals surface area contributed by atoms with Crippen molar-refractivity contribution in [2.45, 2.75) is 212 Å². The molecular formula is C48H89NO9P+. The van der Waals surface area contributed by atoms with Gasteiger partial charge in [-0.25, -0.2) is 4.57 Å². The minimum Gasteiger partial charge on any atom is -0.462 e. The van der Waals surface area contributed by atoms with Gasteiger partial charge in [-0.15, -0.1) is 0 Å². The van der Waals surface area contributed by atoms with Gasteiger partial charge in [0.25, 0.3) is 0 Å². The first kappa shape index (κ1) is 55.2. The molecule has 1 aliphatic rings. The van der Waals surface area contributed by atoms with Crippen molar-refractivity contribution in [1.29, 1.82) is 0 Å². The van der Waals surface area contributed by atoms with Crippen LogP contribution < -0.4 is 0 Å². The van der Waals surface area contributed by atoms with Crippen LogP contribution in [-0.4, -0.2) is 87.1 Å². The van der Waals surface area contributed by atoms with E-state index >= 15 is 0 Å². The minimum atomic E-state index is -4.39. The highest BCUT2D eigenvalue weighted by molar-refractivity contribution is 7.47. The van der Waals surface area contributed by atoms with Gasteiger partial charge in [0.05, 0.1) is 40.0 Å². The van der Waals surface area contributed by atoms with E-state index < -0.39 is 32.5 Å². The highest BCUT2D eigenvalue weighted by Crippen LogP contribution is 2.43. The molecule has 1 saturated heterocycles. The van der Waals surface area contributed by atoms with E-state index in [0.717, 1.165) is 38.5 Å². The summed E-state index contributed by atoms with van der Waals surface area (Å²) in [4.78, 5) is 35.5. The summed E-state index contributed by atoms with van der Waals surface area (Å²) in [6, 6.07) is 0. The fourth-order valence-electron chi connectivity index (χ4n) is 6.70. The monoisotopic (exact) mass is 855 g/mol. The number of likely N-dealkylation sites (N-methyl/N-ethyl adjacent to an activating group) is 1. The number of hydrogen-bond donors (Lipinski definition) is 1. The summed E-state index contributed by atoms with van der Waals surface area (Å²) >= 11 is 0. The number of carbonyl (C=O) groups excluding carboxylic acids is 2. The maximum absolute atomic E-state index is 12.7. The first-order chi connectivity index (χ1) is 28.5. The van der Waals surface area contributed by atoms with Crippen molar-refractivity contribution >= 4 is 19.8 Å². The van der Waals surface area contributed by atoms with E-state index in [1.807, 2.05) is 21.1 Å². The Hall–Kier alpha value is -1.81. The van der Waals surface area contributed by atoms with Gasteiger partial charge in [0, 0.05) is 12.8 Å². The molecule has 0 aliphatic carbocycles. The second-order valence-electron chi connectivity index (χ2n) is 17.5. The van der Waals surface area contributed by atoms with Gasteiger partial charge in [0.2, 0.25) is 0 Å². The van der Waals surface area contributed by atoms with Crippen molar-refractivity contribution in [3.63, 3.8) is 0 Å². The molecule has 10 nitrogen and oxygen atoms in total. The fraction of sp³-hybridized carbons (Fsp3) is 0.833. The quantitative estimate of drug-likeness (QED) is 0.0160. The predicted octanol–water partition coefficient (Wildman–Crippen LogP) is 12.7. The summed E-state index contributed by atoms with van der Waals surface area (Å²) in [6.07, 6.45) is 43.6. The van der Waals surface area contributed by atoms with E-state index in [-0.39, 0.29) is 32.2 Å². The lowest BCUT2D eigenvalue weighted by atomic mass is 10.0. The third-order valence-electron chi connectivity index (χ3n) is 10.6. The van der Waals surface area contributed by atoms with Gasteiger partial charge in [-0.05, 0) is 51.4 Å². The van der Waals surface area contributed by atoms with Crippen LogP contribution >= 0.6 is 7.82 Å². The Morgan fingerprint density at radius 3 is 1.66 bits per heavy atom. The molecule has 0 bridgehead atoms.